The van der Waals surface area contributed by atoms with Gasteiger partial charge in [0.15, 0.2) is 9.47 Å². The van der Waals surface area contributed by atoms with Crippen molar-refractivity contribution in [1.29, 1.82) is 0 Å². The highest BCUT2D eigenvalue weighted by Crippen LogP contribution is 2.41. The maximum Gasteiger partial charge on any atom is 0.352 e. The molecule has 41 heavy (non-hydrogen) atoms. The van der Waals surface area contributed by atoms with Gasteiger partial charge in [0.2, 0.25) is 17.6 Å². The number of nitrogens with one attached hydrogen (secondary N) is 1. The highest BCUT2D eigenvalue weighted by atomic mass is 32.2. The minimum absolute atomic E-state index is 0.0160. The molecule has 15 nitrogen and oxygen atoms in total. The van der Waals surface area contributed by atoms with Crippen molar-refractivity contribution in [3.8, 4) is 0 Å². The van der Waals surface area contributed by atoms with Crippen LogP contribution in [0.5, 0.6) is 0 Å². The number of carboxylic acids is 2. The van der Waals surface area contributed by atoms with Gasteiger partial charge in [-0.15, -0.1) is 22.0 Å². The molecular formula is C22H18N8O7S4. The van der Waals surface area contributed by atoms with Crippen molar-refractivity contribution in [2.75, 3.05) is 17.2 Å². The first-order valence-corrected chi connectivity index (χ1v) is 15.1. The van der Waals surface area contributed by atoms with Crippen molar-refractivity contribution >= 4 is 81.0 Å². The van der Waals surface area contributed by atoms with Gasteiger partial charge in [0.25, 0.3) is 11.8 Å². The Kier molecular flexibility index (Phi) is 8.47. The molecule has 2 unspecified atom stereocenters. The Labute approximate surface area is 247 Å². The van der Waals surface area contributed by atoms with Gasteiger partial charge in [-0.3, -0.25) is 14.5 Å². The number of carboxylic acid groups (broad SMARTS) is 2. The SMILES string of the molecule is Nc1nc(/C(=N\OC(C(=O)O)c2ccccc2)C(=O)NC2C(=O)N3C(C(=O)O)=C(CSc4nncs4)CS[C@H]23)ns1. The van der Waals surface area contributed by atoms with Gasteiger partial charge in [0.1, 0.15) is 22.6 Å². The lowest BCUT2D eigenvalue weighted by Crippen LogP contribution is -2.71. The number of hydrogen-bond donors (Lipinski definition) is 4. The molecule has 1 saturated heterocycles. The summed E-state index contributed by atoms with van der Waals surface area (Å²) in [5, 5.41) is 32.8. The normalized spacial score (nSPS) is 19.3. The number of rotatable bonds is 11. The second-order valence-corrected chi connectivity index (χ2v) is 12.2. The van der Waals surface area contributed by atoms with Gasteiger partial charge in [-0.05, 0) is 5.57 Å². The van der Waals surface area contributed by atoms with E-state index in [0.29, 0.717) is 21.4 Å². The number of nitrogen functional groups attached to an aromatic ring is 1. The van der Waals surface area contributed by atoms with Crippen molar-refractivity contribution in [2.24, 2.45) is 5.16 Å². The maximum atomic E-state index is 13.3. The molecule has 3 aromatic rings. The fraction of sp³-hybridized carbons (Fsp3) is 0.227. The summed E-state index contributed by atoms with van der Waals surface area (Å²) in [5.74, 6) is -3.82. The molecule has 4 heterocycles. The minimum atomic E-state index is -1.55. The number of anilines is 1. The molecular weight excluding hydrogens is 617 g/mol. The van der Waals surface area contributed by atoms with E-state index in [9.17, 15) is 29.4 Å². The lowest BCUT2D eigenvalue weighted by atomic mass is 10.0. The van der Waals surface area contributed by atoms with Gasteiger partial charge >= 0.3 is 11.9 Å². The largest absolute Gasteiger partial charge is 0.478 e. The van der Waals surface area contributed by atoms with Crippen molar-refractivity contribution in [3.63, 3.8) is 0 Å². The first-order chi connectivity index (χ1) is 19.7. The zero-order valence-corrected chi connectivity index (χ0v) is 23.7. The maximum absolute atomic E-state index is 13.3. The number of carbonyl (C=O) groups excluding carboxylic acids is 2. The molecule has 0 radical (unpaired) electrons. The summed E-state index contributed by atoms with van der Waals surface area (Å²) in [6.07, 6.45) is -1.55. The van der Waals surface area contributed by atoms with Crippen LogP contribution < -0.4 is 11.1 Å². The van der Waals surface area contributed by atoms with E-state index >= 15 is 0 Å². The summed E-state index contributed by atoms with van der Waals surface area (Å²) in [7, 11) is 0. The molecule has 2 aromatic heterocycles. The van der Waals surface area contributed by atoms with Gasteiger partial charge < -0.3 is 26.1 Å². The van der Waals surface area contributed by atoms with Crippen LogP contribution in [0.15, 0.2) is 56.6 Å². The van der Waals surface area contributed by atoms with E-state index < -0.39 is 47.0 Å². The molecule has 0 aliphatic carbocycles. The van der Waals surface area contributed by atoms with Crippen molar-refractivity contribution in [1.82, 2.24) is 29.8 Å². The first-order valence-electron chi connectivity index (χ1n) is 11.5. The third-order valence-corrected chi connectivity index (χ3v) is 9.52. The fourth-order valence-electron chi connectivity index (χ4n) is 3.88. The molecule has 0 spiro atoms. The standard InChI is InChI=1S/C22H18N8O7S4/c23-21-26-15(29-41-21)11(28-37-14(20(35)36)9-4-2-1-3-5-9)16(31)25-12-17(32)30-13(19(33)34)10(6-38-18(12)30)7-39-22-27-24-8-40-22/h1-5,8,12,14,18H,6-7H2,(H,25,31)(H,33,34)(H,35,36)(H2,23,26,29)/b28-11+/t12?,14?,18-/m1/s1. The molecule has 5 rings (SSSR count). The molecule has 0 bridgehead atoms. The van der Waals surface area contributed by atoms with Crippen LogP contribution in [0.4, 0.5) is 5.13 Å². The first kappa shape index (κ1) is 28.5. The third-order valence-electron chi connectivity index (χ3n) is 5.69. The Morgan fingerprint density at radius 1 is 1.27 bits per heavy atom. The summed E-state index contributed by atoms with van der Waals surface area (Å²) in [5.41, 5.74) is 7.39. The number of amides is 2. The van der Waals surface area contributed by atoms with E-state index in [2.05, 4.69) is 30.0 Å². The molecule has 2 aliphatic heterocycles. The number of aliphatic carboxylic acids is 2. The smallest absolute Gasteiger partial charge is 0.352 e. The van der Waals surface area contributed by atoms with Crippen LogP contribution in [0.2, 0.25) is 0 Å². The Balaban J connectivity index is 1.34. The Hall–Kier alpha value is -4.07. The zero-order valence-electron chi connectivity index (χ0n) is 20.4. The second kappa shape index (κ2) is 12.2. The highest BCUT2D eigenvalue weighted by molar-refractivity contribution is 8.01. The predicted molar refractivity (Wildman–Crippen MR) is 149 cm³/mol. The number of carbonyl (C=O) groups is 4. The lowest BCUT2D eigenvalue weighted by molar-refractivity contribution is -0.151. The second-order valence-electron chi connectivity index (χ2n) is 8.24. The summed E-state index contributed by atoms with van der Waals surface area (Å²) in [6.45, 7) is 0. The quantitative estimate of drug-likeness (QED) is 0.100. The summed E-state index contributed by atoms with van der Waals surface area (Å²) in [4.78, 5) is 60.7. The number of aromatic nitrogens is 4. The number of oxime groups is 1. The monoisotopic (exact) mass is 634 g/mol. The zero-order chi connectivity index (χ0) is 29.1. The number of hydrogen-bond acceptors (Lipinski definition) is 15. The van der Waals surface area contributed by atoms with E-state index in [1.165, 1.54) is 47.0 Å². The Morgan fingerprint density at radius 3 is 2.68 bits per heavy atom. The van der Waals surface area contributed by atoms with Crippen molar-refractivity contribution < 1.29 is 34.2 Å². The average molecular weight is 635 g/mol. The van der Waals surface area contributed by atoms with Crippen LogP contribution in [0.3, 0.4) is 0 Å². The van der Waals surface area contributed by atoms with Gasteiger partial charge in [0, 0.05) is 28.6 Å². The van der Waals surface area contributed by atoms with Gasteiger partial charge in [-0.1, -0.05) is 58.6 Å². The molecule has 3 atom stereocenters. The van der Waals surface area contributed by atoms with Crippen molar-refractivity contribution in [2.45, 2.75) is 21.9 Å². The van der Waals surface area contributed by atoms with Crippen LogP contribution >= 0.6 is 46.4 Å². The summed E-state index contributed by atoms with van der Waals surface area (Å²) < 4.78 is 4.62. The molecule has 2 amide bonds. The number of nitrogens with two attached hydrogens (primary N) is 1. The van der Waals surface area contributed by atoms with Crippen LogP contribution in [0.1, 0.15) is 17.5 Å². The number of nitrogens with zero attached hydrogens (tertiary/aromatic N) is 6. The molecule has 1 aromatic carbocycles. The minimum Gasteiger partial charge on any atom is -0.478 e. The van der Waals surface area contributed by atoms with Gasteiger partial charge in [-0.2, -0.15) is 9.36 Å². The van der Waals surface area contributed by atoms with Crippen molar-refractivity contribution in [3.05, 3.63) is 58.5 Å². The van der Waals surface area contributed by atoms with E-state index in [-0.39, 0.29) is 22.2 Å². The molecule has 212 valence electrons. The molecule has 1 fully saturated rings. The van der Waals surface area contributed by atoms with Crippen LogP contribution in [0.25, 0.3) is 0 Å². The predicted octanol–water partition coefficient (Wildman–Crippen LogP) is 1.05. The number of β-lactam (4-membered cyclic amide) rings is 1. The van der Waals surface area contributed by atoms with Crippen LogP contribution in [-0.4, -0.2) is 87.1 Å². The van der Waals surface area contributed by atoms with Crippen LogP contribution in [0, 0.1) is 0 Å². The average Bonchev–Trinajstić information content (AvgIpc) is 3.64. The molecule has 5 N–H and O–H groups in total. The van der Waals surface area contributed by atoms with E-state index in [1.54, 1.807) is 23.7 Å². The van der Waals surface area contributed by atoms with Crippen LogP contribution in [-0.2, 0) is 24.0 Å². The number of thioether (sulfide) groups is 2. The Bertz CT molecular complexity index is 1550. The van der Waals surface area contributed by atoms with Gasteiger partial charge in [0.05, 0.1) is 0 Å². The van der Waals surface area contributed by atoms with E-state index in [0.717, 1.165) is 16.4 Å². The molecule has 2 aliphatic rings. The highest BCUT2D eigenvalue weighted by Gasteiger charge is 2.54. The molecule has 19 heteroatoms. The van der Waals surface area contributed by atoms with Gasteiger partial charge in [-0.25, -0.2) is 9.59 Å². The summed E-state index contributed by atoms with van der Waals surface area (Å²) in [6, 6.07) is 6.87. The molecule has 0 saturated carbocycles. The lowest BCUT2D eigenvalue weighted by Gasteiger charge is -2.49. The summed E-state index contributed by atoms with van der Waals surface area (Å²) >= 11 is 4.70. The number of benzene rings is 1. The van der Waals surface area contributed by atoms with E-state index in [1.807, 2.05) is 0 Å². The third kappa shape index (κ3) is 6.01. The topological polar surface area (TPSA) is 223 Å². The number of fused-ring (bicyclic) bond motifs is 1. The van der Waals surface area contributed by atoms with E-state index in [4.69, 9.17) is 10.6 Å². The fourth-order valence-corrected chi connectivity index (χ4v) is 7.28. The Morgan fingerprint density at radius 2 is 2.05 bits per heavy atom.